The fourth-order valence-electron chi connectivity index (χ4n) is 1.93. The molecular weight excluding hydrogens is 248 g/mol. The summed E-state index contributed by atoms with van der Waals surface area (Å²) in [5.41, 5.74) is 2.40. The van der Waals surface area contributed by atoms with Crippen molar-refractivity contribution in [3.8, 4) is 5.75 Å². The van der Waals surface area contributed by atoms with Gasteiger partial charge in [-0.15, -0.1) is 0 Å². The van der Waals surface area contributed by atoms with Gasteiger partial charge in [0.05, 0.1) is 6.61 Å². The lowest BCUT2D eigenvalue weighted by atomic mass is 10.2. The van der Waals surface area contributed by atoms with Crippen LogP contribution in [0, 0.1) is 0 Å². The van der Waals surface area contributed by atoms with E-state index in [2.05, 4.69) is 36.3 Å². The zero-order valence-corrected chi connectivity index (χ0v) is 12.2. The van der Waals surface area contributed by atoms with Crippen molar-refractivity contribution in [1.82, 2.24) is 10.3 Å². The van der Waals surface area contributed by atoms with Crippen molar-refractivity contribution in [2.45, 2.75) is 32.9 Å². The van der Waals surface area contributed by atoms with Crippen molar-refractivity contribution < 1.29 is 4.74 Å². The Morgan fingerprint density at radius 2 is 2.00 bits per heavy atom. The lowest BCUT2D eigenvalue weighted by Gasteiger charge is -2.13. The first-order valence-corrected chi connectivity index (χ1v) is 7.08. The quantitative estimate of drug-likeness (QED) is 0.839. The van der Waals surface area contributed by atoms with E-state index in [1.807, 2.05) is 30.5 Å². The molecule has 0 saturated heterocycles. The molecule has 0 spiro atoms. The molecule has 0 radical (unpaired) electrons. The Morgan fingerprint density at radius 3 is 2.75 bits per heavy atom. The maximum atomic E-state index is 5.91. The smallest absolute Gasteiger partial charge is 0.123 e. The number of ether oxygens (including phenoxy) is 1. The molecule has 1 N–H and O–H groups in total. The highest BCUT2D eigenvalue weighted by molar-refractivity contribution is 5.33. The van der Waals surface area contributed by atoms with E-state index < -0.39 is 0 Å². The summed E-state index contributed by atoms with van der Waals surface area (Å²) in [7, 11) is 0. The zero-order chi connectivity index (χ0) is 14.2. The van der Waals surface area contributed by atoms with Gasteiger partial charge in [0.2, 0.25) is 0 Å². The Kier molecular flexibility index (Phi) is 5.56. The largest absolute Gasteiger partial charge is 0.493 e. The summed E-state index contributed by atoms with van der Waals surface area (Å²) in [6.07, 6.45) is 4.55. The molecule has 106 valence electrons. The Hall–Kier alpha value is -1.87. The minimum absolute atomic E-state index is 0.471. The van der Waals surface area contributed by atoms with Crippen molar-refractivity contribution in [2.75, 3.05) is 6.61 Å². The van der Waals surface area contributed by atoms with Crippen LogP contribution in [0.5, 0.6) is 5.75 Å². The van der Waals surface area contributed by atoms with Gasteiger partial charge in [-0.3, -0.25) is 4.98 Å². The number of pyridine rings is 1. The predicted octanol–water partition coefficient (Wildman–Crippen LogP) is 3.20. The van der Waals surface area contributed by atoms with E-state index in [9.17, 15) is 0 Å². The zero-order valence-electron chi connectivity index (χ0n) is 12.2. The van der Waals surface area contributed by atoms with Gasteiger partial charge in [-0.2, -0.15) is 0 Å². The van der Waals surface area contributed by atoms with Gasteiger partial charge in [0, 0.05) is 37.0 Å². The molecule has 2 aromatic rings. The molecule has 3 nitrogen and oxygen atoms in total. The minimum atomic E-state index is 0.471. The molecule has 0 unspecified atom stereocenters. The van der Waals surface area contributed by atoms with Crippen LogP contribution in [0.25, 0.3) is 0 Å². The van der Waals surface area contributed by atoms with Crippen LogP contribution in [0.1, 0.15) is 25.0 Å². The summed E-state index contributed by atoms with van der Waals surface area (Å²) >= 11 is 0. The normalized spacial score (nSPS) is 10.8. The van der Waals surface area contributed by atoms with Crippen LogP contribution in [0.2, 0.25) is 0 Å². The highest BCUT2D eigenvalue weighted by Crippen LogP contribution is 2.18. The molecule has 0 amide bonds. The second-order valence-electron chi connectivity index (χ2n) is 5.10. The van der Waals surface area contributed by atoms with Gasteiger partial charge in [0.15, 0.2) is 0 Å². The second-order valence-corrected chi connectivity index (χ2v) is 5.10. The molecule has 0 bridgehead atoms. The maximum Gasteiger partial charge on any atom is 0.123 e. The first-order valence-electron chi connectivity index (χ1n) is 7.08. The van der Waals surface area contributed by atoms with Crippen LogP contribution in [-0.2, 0) is 13.0 Å². The number of benzene rings is 1. The summed E-state index contributed by atoms with van der Waals surface area (Å²) < 4.78 is 5.91. The van der Waals surface area contributed by atoms with E-state index in [1.54, 1.807) is 6.20 Å². The van der Waals surface area contributed by atoms with Gasteiger partial charge < -0.3 is 10.1 Å². The molecule has 0 fully saturated rings. The average molecular weight is 270 g/mol. The van der Waals surface area contributed by atoms with Crippen LogP contribution in [0.3, 0.4) is 0 Å². The SMILES string of the molecule is CC(C)NCc1ccccc1OCCc1cccnc1. The molecule has 0 atom stereocenters. The third-order valence-electron chi connectivity index (χ3n) is 3.04. The molecule has 0 aliphatic carbocycles. The lowest BCUT2D eigenvalue weighted by Crippen LogP contribution is -2.22. The molecule has 0 saturated carbocycles. The minimum Gasteiger partial charge on any atom is -0.493 e. The number of rotatable bonds is 7. The molecule has 0 aliphatic heterocycles. The number of para-hydroxylation sites is 1. The van der Waals surface area contributed by atoms with Crippen LogP contribution in [0.4, 0.5) is 0 Å². The number of hydrogen-bond donors (Lipinski definition) is 1. The topological polar surface area (TPSA) is 34.1 Å². The Bertz CT molecular complexity index is 511. The Balaban J connectivity index is 1.89. The fourth-order valence-corrected chi connectivity index (χ4v) is 1.93. The van der Waals surface area contributed by atoms with Crippen molar-refractivity contribution in [2.24, 2.45) is 0 Å². The predicted molar refractivity (Wildman–Crippen MR) is 81.9 cm³/mol. The Morgan fingerprint density at radius 1 is 1.15 bits per heavy atom. The van der Waals surface area contributed by atoms with Crippen molar-refractivity contribution in [3.05, 3.63) is 59.9 Å². The molecule has 1 aromatic heterocycles. The van der Waals surface area contributed by atoms with Gasteiger partial charge in [-0.1, -0.05) is 38.1 Å². The van der Waals surface area contributed by atoms with E-state index in [1.165, 1.54) is 11.1 Å². The van der Waals surface area contributed by atoms with Crippen LogP contribution >= 0.6 is 0 Å². The van der Waals surface area contributed by atoms with E-state index in [-0.39, 0.29) is 0 Å². The standard InChI is InChI=1S/C17H22N2O/c1-14(2)19-13-16-7-3-4-8-17(16)20-11-9-15-6-5-10-18-12-15/h3-8,10,12,14,19H,9,11,13H2,1-2H3. The molecule has 1 aromatic carbocycles. The van der Waals surface area contributed by atoms with Crippen molar-refractivity contribution >= 4 is 0 Å². The summed E-state index contributed by atoms with van der Waals surface area (Å²) in [6.45, 7) is 5.79. The van der Waals surface area contributed by atoms with Gasteiger partial charge in [0.25, 0.3) is 0 Å². The second kappa shape index (κ2) is 7.65. The summed E-state index contributed by atoms with van der Waals surface area (Å²) in [4.78, 5) is 4.11. The first-order chi connectivity index (χ1) is 9.75. The lowest BCUT2D eigenvalue weighted by molar-refractivity contribution is 0.317. The van der Waals surface area contributed by atoms with E-state index >= 15 is 0 Å². The van der Waals surface area contributed by atoms with Gasteiger partial charge >= 0.3 is 0 Å². The molecule has 3 heteroatoms. The molecule has 0 aliphatic rings. The van der Waals surface area contributed by atoms with E-state index in [0.717, 1.165) is 18.7 Å². The van der Waals surface area contributed by atoms with Crippen LogP contribution in [0.15, 0.2) is 48.8 Å². The number of nitrogens with zero attached hydrogens (tertiary/aromatic N) is 1. The average Bonchev–Trinajstić information content (AvgIpc) is 2.47. The fraction of sp³-hybridized carbons (Fsp3) is 0.353. The number of aromatic nitrogens is 1. The molecule has 1 heterocycles. The highest BCUT2D eigenvalue weighted by atomic mass is 16.5. The number of nitrogens with one attached hydrogen (secondary N) is 1. The van der Waals surface area contributed by atoms with Gasteiger partial charge in [0.1, 0.15) is 5.75 Å². The van der Waals surface area contributed by atoms with Gasteiger partial charge in [-0.25, -0.2) is 0 Å². The molecule has 2 rings (SSSR count). The highest BCUT2D eigenvalue weighted by Gasteiger charge is 2.03. The van der Waals surface area contributed by atoms with Crippen molar-refractivity contribution in [3.63, 3.8) is 0 Å². The summed E-state index contributed by atoms with van der Waals surface area (Å²) in [6, 6.07) is 12.7. The Labute approximate surface area is 121 Å². The van der Waals surface area contributed by atoms with Crippen LogP contribution < -0.4 is 10.1 Å². The molecule has 20 heavy (non-hydrogen) atoms. The monoisotopic (exact) mass is 270 g/mol. The van der Waals surface area contributed by atoms with Crippen LogP contribution in [-0.4, -0.2) is 17.6 Å². The third-order valence-corrected chi connectivity index (χ3v) is 3.04. The third kappa shape index (κ3) is 4.67. The van der Waals surface area contributed by atoms with Crippen molar-refractivity contribution in [1.29, 1.82) is 0 Å². The molecular formula is C17H22N2O. The van der Waals surface area contributed by atoms with E-state index in [4.69, 9.17) is 4.74 Å². The maximum absolute atomic E-state index is 5.91. The number of hydrogen-bond acceptors (Lipinski definition) is 3. The summed E-state index contributed by atoms with van der Waals surface area (Å²) in [5, 5.41) is 3.42. The van der Waals surface area contributed by atoms with Gasteiger partial charge in [-0.05, 0) is 17.7 Å². The summed E-state index contributed by atoms with van der Waals surface area (Å²) in [5.74, 6) is 0.963. The first kappa shape index (κ1) is 14.5. The van der Waals surface area contributed by atoms with E-state index in [0.29, 0.717) is 12.6 Å².